The van der Waals surface area contributed by atoms with E-state index < -0.39 is 29.2 Å². The van der Waals surface area contributed by atoms with Gasteiger partial charge in [0.2, 0.25) is 5.91 Å². The topological polar surface area (TPSA) is 110 Å². The number of rotatable bonds is 4. The molecule has 0 saturated heterocycles. The van der Waals surface area contributed by atoms with E-state index in [1.807, 2.05) is 0 Å². The predicted molar refractivity (Wildman–Crippen MR) is 93.6 cm³/mol. The number of benzene rings is 2. The summed E-state index contributed by atoms with van der Waals surface area (Å²) in [4.78, 5) is 47.7. The molecule has 0 aromatic heterocycles. The normalized spacial score (nSPS) is 12.9. The number of fused-ring (bicyclic) bond motifs is 1. The number of nitrogens with one attached hydrogen (secondary N) is 1. The number of halogens is 2. The molecule has 2 aromatic rings. The lowest BCUT2D eigenvalue weighted by atomic mass is 10.1. The number of hydrogen-bond donors (Lipinski definition) is 1. The first-order valence-corrected chi connectivity index (χ1v) is 7.93. The summed E-state index contributed by atoms with van der Waals surface area (Å²) in [5.74, 6) is -2.15. The van der Waals surface area contributed by atoms with Crippen LogP contribution in [-0.4, -0.2) is 34.1 Å². The minimum Gasteiger partial charge on any atom is -0.323 e. The molecule has 0 radical (unpaired) electrons. The van der Waals surface area contributed by atoms with Crippen LogP contribution in [0.3, 0.4) is 0 Å². The standard InChI is InChI=1S/C16H9Cl2N3O5/c17-11-2-1-3-12(14(11)18)19-13(22)7-20-15(23)9-5-4-8(21(25)26)6-10(9)16(20)24/h1-6H,7H2,(H,19,22). The maximum absolute atomic E-state index is 12.3. The van der Waals surface area contributed by atoms with Crippen molar-refractivity contribution in [1.82, 2.24) is 4.90 Å². The lowest BCUT2D eigenvalue weighted by Gasteiger charge is -2.14. The Bertz CT molecular complexity index is 976. The van der Waals surface area contributed by atoms with Crippen molar-refractivity contribution in [2.45, 2.75) is 0 Å². The quantitative estimate of drug-likeness (QED) is 0.487. The molecule has 0 aliphatic carbocycles. The van der Waals surface area contributed by atoms with Gasteiger partial charge in [-0.2, -0.15) is 0 Å². The van der Waals surface area contributed by atoms with E-state index in [1.165, 1.54) is 18.2 Å². The van der Waals surface area contributed by atoms with Crippen molar-refractivity contribution in [3.05, 3.63) is 67.7 Å². The molecule has 10 heteroatoms. The van der Waals surface area contributed by atoms with Gasteiger partial charge in [0, 0.05) is 12.1 Å². The average molecular weight is 394 g/mol. The Kier molecular flexibility index (Phi) is 4.62. The Morgan fingerprint density at radius 2 is 1.81 bits per heavy atom. The second kappa shape index (κ2) is 6.74. The highest BCUT2D eigenvalue weighted by Crippen LogP contribution is 2.30. The summed E-state index contributed by atoms with van der Waals surface area (Å²) >= 11 is 11.8. The zero-order chi connectivity index (χ0) is 19.0. The first kappa shape index (κ1) is 17.8. The van der Waals surface area contributed by atoms with Gasteiger partial charge in [-0.3, -0.25) is 29.4 Å². The van der Waals surface area contributed by atoms with Crippen molar-refractivity contribution < 1.29 is 19.3 Å². The van der Waals surface area contributed by atoms with Crippen molar-refractivity contribution in [2.24, 2.45) is 0 Å². The molecule has 26 heavy (non-hydrogen) atoms. The van der Waals surface area contributed by atoms with Crippen LogP contribution in [0.5, 0.6) is 0 Å². The molecular weight excluding hydrogens is 385 g/mol. The largest absolute Gasteiger partial charge is 0.323 e. The average Bonchev–Trinajstić information content (AvgIpc) is 2.83. The molecule has 3 rings (SSSR count). The molecule has 1 heterocycles. The van der Waals surface area contributed by atoms with Crippen LogP contribution < -0.4 is 5.32 Å². The molecule has 1 N–H and O–H groups in total. The third-order valence-corrected chi connectivity index (χ3v) is 4.51. The van der Waals surface area contributed by atoms with Gasteiger partial charge in [-0.15, -0.1) is 0 Å². The minimum atomic E-state index is -0.777. The van der Waals surface area contributed by atoms with E-state index >= 15 is 0 Å². The van der Waals surface area contributed by atoms with Crippen LogP contribution in [0.25, 0.3) is 0 Å². The lowest BCUT2D eigenvalue weighted by Crippen LogP contribution is -2.37. The van der Waals surface area contributed by atoms with Gasteiger partial charge in [0.1, 0.15) is 6.54 Å². The van der Waals surface area contributed by atoms with Crippen molar-refractivity contribution in [2.75, 3.05) is 11.9 Å². The smallest absolute Gasteiger partial charge is 0.270 e. The molecule has 2 aromatic carbocycles. The Balaban J connectivity index is 1.79. The molecule has 0 saturated carbocycles. The second-order valence-electron chi connectivity index (χ2n) is 5.33. The van der Waals surface area contributed by atoms with E-state index in [1.54, 1.807) is 6.07 Å². The number of nitro groups is 1. The van der Waals surface area contributed by atoms with E-state index in [9.17, 15) is 24.5 Å². The summed E-state index contributed by atoms with van der Waals surface area (Å²) in [6.45, 7) is -0.566. The molecule has 1 aliphatic rings. The summed E-state index contributed by atoms with van der Waals surface area (Å²) in [6, 6.07) is 7.96. The first-order valence-electron chi connectivity index (χ1n) is 7.18. The van der Waals surface area contributed by atoms with Gasteiger partial charge in [-0.25, -0.2) is 0 Å². The van der Waals surface area contributed by atoms with Crippen molar-refractivity contribution in [3.8, 4) is 0 Å². The molecule has 0 spiro atoms. The van der Waals surface area contributed by atoms with E-state index in [0.717, 1.165) is 12.1 Å². The molecule has 1 aliphatic heterocycles. The second-order valence-corrected chi connectivity index (χ2v) is 6.12. The van der Waals surface area contributed by atoms with Crippen molar-refractivity contribution in [1.29, 1.82) is 0 Å². The molecule has 0 bridgehead atoms. The number of anilines is 1. The zero-order valence-electron chi connectivity index (χ0n) is 12.9. The molecule has 8 nitrogen and oxygen atoms in total. The van der Waals surface area contributed by atoms with Gasteiger partial charge in [0.25, 0.3) is 17.5 Å². The van der Waals surface area contributed by atoms with E-state index in [2.05, 4.69) is 5.32 Å². The number of carbonyl (C=O) groups is 3. The van der Waals surface area contributed by atoms with Crippen LogP contribution in [-0.2, 0) is 4.79 Å². The molecule has 132 valence electrons. The Morgan fingerprint density at radius 3 is 2.50 bits per heavy atom. The van der Waals surface area contributed by atoms with Gasteiger partial charge < -0.3 is 5.32 Å². The Hall–Kier alpha value is -2.97. The summed E-state index contributed by atoms with van der Waals surface area (Å²) in [5.41, 5.74) is -0.190. The van der Waals surface area contributed by atoms with Crippen LogP contribution in [0.15, 0.2) is 36.4 Å². The van der Waals surface area contributed by atoms with Gasteiger partial charge in [-0.05, 0) is 18.2 Å². The van der Waals surface area contributed by atoms with Gasteiger partial charge in [0.15, 0.2) is 0 Å². The van der Waals surface area contributed by atoms with Crippen LogP contribution in [0.1, 0.15) is 20.7 Å². The maximum Gasteiger partial charge on any atom is 0.270 e. The third kappa shape index (κ3) is 3.12. The summed E-state index contributed by atoms with van der Waals surface area (Å²) < 4.78 is 0. The van der Waals surface area contributed by atoms with Crippen LogP contribution in [0.2, 0.25) is 10.0 Å². The minimum absolute atomic E-state index is 0.00851. The fourth-order valence-corrected chi connectivity index (χ4v) is 2.82. The SMILES string of the molecule is O=C(CN1C(=O)c2ccc([N+](=O)[O-])cc2C1=O)Nc1cccc(Cl)c1Cl. The van der Waals surface area contributed by atoms with E-state index in [4.69, 9.17) is 23.2 Å². The highest BCUT2D eigenvalue weighted by molar-refractivity contribution is 6.44. The van der Waals surface area contributed by atoms with Crippen LogP contribution in [0, 0.1) is 10.1 Å². The number of amides is 3. The molecule has 0 fully saturated rings. The molecule has 0 atom stereocenters. The summed E-state index contributed by atoms with van der Waals surface area (Å²) in [6.07, 6.45) is 0. The van der Waals surface area contributed by atoms with Gasteiger partial charge in [0.05, 0.1) is 31.8 Å². The van der Waals surface area contributed by atoms with E-state index in [0.29, 0.717) is 4.90 Å². The van der Waals surface area contributed by atoms with E-state index in [-0.39, 0.29) is 32.5 Å². The number of carbonyl (C=O) groups excluding carboxylic acids is 3. The molecule has 0 unspecified atom stereocenters. The molecular formula is C16H9Cl2N3O5. The van der Waals surface area contributed by atoms with Gasteiger partial charge >= 0.3 is 0 Å². The first-order chi connectivity index (χ1) is 12.3. The number of nitrogens with zero attached hydrogens (tertiary/aromatic N) is 2. The third-order valence-electron chi connectivity index (χ3n) is 3.69. The summed E-state index contributed by atoms with van der Waals surface area (Å²) in [7, 11) is 0. The Labute approximate surface area is 156 Å². The van der Waals surface area contributed by atoms with Crippen LogP contribution in [0.4, 0.5) is 11.4 Å². The van der Waals surface area contributed by atoms with Crippen molar-refractivity contribution in [3.63, 3.8) is 0 Å². The predicted octanol–water partition coefficient (Wildman–Crippen LogP) is 3.14. The molecule has 3 amide bonds. The highest BCUT2D eigenvalue weighted by atomic mass is 35.5. The number of imide groups is 1. The van der Waals surface area contributed by atoms with Gasteiger partial charge in [-0.1, -0.05) is 29.3 Å². The monoisotopic (exact) mass is 393 g/mol. The van der Waals surface area contributed by atoms with Crippen LogP contribution >= 0.6 is 23.2 Å². The summed E-state index contributed by atoms with van der Waals surface area (Å²) in [5, 5.41) is 13.6. The Morgan fingerprint density at radius 1 is 1.12 bits per heavy atom. The number of nitro benzene ring substituents is 1. The number of non-ortho nitro benzene ring substituents is 1. The number of hydrogen-bond acceptors (Lipinski definition) is 5. The fourth-order valence-electron chi connectivity index (χ4n) is 2.47. The maximum atomic E-state index is 12.3. The lowest BCUT2D eigenvalue weighted by molar-refractivity contribution is -0.384. The zero-order valence-corrected chi connectivity index (χ0v) is 14.4. The van der Waals surface area contributed by atoms with Crippen molar-refractivity contribution >= 4 is 52.3 Å². The highest BCUT2D eigenvalue weighted by Gasteiger charge is 2.37. The fraction of sp³-hybridized carbons (Fsp3) is 0.0625.